The predicted octanol–water partition coefficient (Wildman–Crippen LogP) is 5.15. The molecule has 1 N–H and O–H groups in total. The number of carbonyl (C=O) groups excluding carboxylic acids is 1. The fourth-order valence-corrected chi connectivity index (χ4v) is 3.17. The summed E-state index contributed by atoms with van der Waals surface area (Å²) in [4.78, 5) is 16.1. The van der Waals surface area contributed by atoms with Gasteiger partial charge in [0.2, 0.25) is 0 Å². The van der Waals surface area contributed by atoms with E-state index in [4.69, 9.17) is 17.2 Å². The van der Waals surface area contributed by atoms with Crippen molar-refractivity contribution in [1.29, 1.82) is 0 Å². The van der Waals surface area contributed by atoms with Crippen LogP contribution in [0.4, 0.5) is 0 Å². The SMILES string of the molecule is C.CC(=O)O[C@H]1C[C@H](C)C[C@@H]1N=[N+]=[N-].C[C@@H]1C[C@H](N=[N+]=[N-])[C@@H](O)C1.[2H]CC. The van der Waals surface area contributed by atoms with Crippen LogP contribution in [-0.4, -0.2) is 35.4 Å². The topological polar surface area (TPSA) is 144 Å². The minimum atomic E-state index is -0.411. The number of azide groups is 2. The number of hydrogen-bond acceptors (Lipinski definition) is 5. The van der Waals surface area contributed by atoms with Crippen LogP contribution in [0.3, 0.4) is 0 Å². The average molecular weight is 372 g/mol. The van der Waals surface area contributed by atoms with Crippen LogP contribution in [0.15, 0.2) is 10.2 Å². The molecule has 2 aliphatic carbocycles. The lowest BCUT2D eigenvalue weighted by molar-refractivity contribution is -0.146. The molecule has 26 heavy (non-hydrogen) atoms. The first kappa shape index (κ1) is 24.1. The molecule has 150 valence electrons. The highest BCUT2D eigenvalue weighted by Gasteiger charge is 2.33. The maximum Gasteiger partial charge on any atom is 0.302 e. The van der Waals surface area contributed by atoms with E-state index in [2.05, 4.69) is 33.9 Å². The van der Waals surface area contributed by atoms with Crippen molar-refractivity contribution in [2.24, 2.45) is 22.1 Å². The largest absolute Gasteiger partial charge is 0.462 e. The molecule has 0 saturated heterocycles. The first-order valence-electron chi connectivity index (χ1n) is 9.22. The molecule has 2 saturated carbocycles. The molecule has 2 rings (SSSR count). The fourth-order valence-electron chi connectivity index (χ4n) is 3.17. The molecule has 0 radical (unpaired) electrons. The van der Waals surface area contributed by atoms with Crippen molar-refractivity contribution in [3.63, 3.8) is 0 Å². The molecule has 0 heterocycles. The molecule has 0 spiro atoms. The van der Waals surface area contributed by atoms with Gasteiger partial charge in [0, 0.05) is 18.1 Å². The van der Waals surface area contributed by atoms with Crippen LogP contribution in [0.1, 0.15) is 69.1 Å². The number of aliphatic hydroxyl groups is 1. The summed E-state index contributed by atoms with van der Waals surface area (Å²) in [5.41, 5.74) is 16.4. The Morgan fingerprint density at radius 3 is 2.00 bits per heavy atom. The third kappa shape index (κ3) is 9.51. The van der Waals surface area contributed by atoms with Crippen LogP contribution >= 0.6 is 0 Å². The molecular formula is C17H34N6O3. The highest BCUT2D eigenvalue weighted by atomic mass is 16.5. The van der Waals surface area contributed by atoms with Gasteiger partial charge in [0.25, 0.3) is 0 Å². The predicted molar refractivity (Wildman–Crippen MR) is 102 cm³/mol. The molecule has 0 aromatic heterocycles. The van der Waals surface area contributed by atoms with E-state index in [-0.39, 0.29) is 31.6 Å². The second-order valence-corrected chi connectivity index (χ2v) is 6.41. The van der Waals surface area contributed by atoms with E-state index < -0.39 is 6.10 Å². The van der Waals surface area contributed by atoms with Crippen LogP contribution < -0.4 is 0 Å². The maximum absolute atomic E-state index is 10.7. The van der Waals surface area contributed by atoms with Gasteiger partial charge < -0.3 is 9.84 Å². The van der Waals surface area contributed by atoms with E-state index in [9.17, 15) is 9.90 Å². The summed E-state index contributed by atoms with van der Waals surface area (Å²) in [6, 6.07) is -0.358. The molecule has 0 bridgehead atoms. The Labute approximate surface area is 157 Å². The maximum atomic E-state index is 10.7. The zero-order valence-corrected chi connectivity index (χ0v) is 15.4. The quantitative estimate of drug-likeness (QED) is 0.317. The lowest BCUT2D eigenvalue weighted by atomic mass is 10.1. The molecule has 0 aromatic carbocycles. The van der Waals surface area contributed by atoms with Crippen LogP contribution in [0.2, 0.25) is 0 Å². The molecule has 0 aromatic rings. The molecule has 2 aliphatic rings. The molecule has 9 heteroatoms. The van der Waals surface area contributed by atoms with Gasteiger partial charge in [0.1, 0.15) is 6.10 Å². The van der Waals surface area contributed by atoms with Gasteiger partial charge in [-0.3, -0.25) is 4.79 Å². The molecule has 2 fully saturated rings. The van der Waals surface area contributed by atoms with Gasteiger partial charge in [-0.25, -0.2) is 0 Å². The van der Waals surface area contributed by atoms with Crippen LogP contribution in [0.5, 0.6) is 0 Å². The number of carbonyl (C=O) groups is 1. The van der Waals surface area contributed by atoms with E-state index in [1.165, 1.54) is 6.92 Å². The smallest absolute Gasteiger partial charge is 0.302 e. The number of nitrogens with zero attached hydrogens (tertiary/aromatic N) is 6. The lowest BCUT2D eigenvalue weighted by Gasteiger charge is -2.14. The van der Waals surface area contributed by atoms with E-state index in [1.807, 2.05) is 0 Å². The Hall–Kier alpha value is -1.95. The Kier molecular flexibility index (Phi) is 13.2. The highest BCUT2D eigenvalue weighted by molar-refractivity contribution is 5.66. The Bertz CT molecular complexity index is 523. The molecule has 6 atom stereocenters. The van der Waals surface area contributed by atoms with Crippen molar-refractivity contribution in [1.82, 2.24) is 0 Å². The van der Waals surface area contributed by atoms with E-state index in [1.54, 1.807) is 6.92 Å². The van der Waals surface area contributed by atoms with Gasteiger partial charge in [-0.15, -0.1) is 0 Å². The zero-order chi connectivity index (χ0) is 20.1. The van der Waals surface area contributed by atoms with Crippen molar-refractivity contribution in [2.75, 3.05) is 0 Å². The number of ether oxygens (including phenoxy) is 1. The van der Waals surface area contributed by atoms with Crippen LogP contribution in [-0.2, 0) is 9.53 Å². The molecule has 9 nitrogen and oxygen atoms in total. The summed E-state index contributed by atoms with van der Waals surface area (Å²) >= 11 is 0. The summed E-state index contributed by atoms with van der Waals surface area (Å²) in [6.07, 6.45) is 2.56. The summed E-state index contributed by atoms with van der Waals surface area (Å²) in [5, 5.41) is 16.3. The molecule has 0 amide bonds. The second-order valence-electron chi connectivity index (χ2n) is 6.41. The summed E-state index contributed by atoms with van der Waals surface area (Å²) in [7, 11) is 0. The molecule has 0 aliphatic heterocycles. The standard InChI is InChI=1S/C8H13N3O2.C6H11N3O.C2H6.CH4/c1-5-3-7(10-11-9)8(4-5)13-6(2)12;1-4-2-5(8-9-7)6(10)3-4;1-2;/h5,7-8H,3-4H2,1-2H3;4-6,10H,2-3H2,1H3;1-2H3;1H4/t5-,7+,8+;4-,5+,6+;;/m11../s1/i;;1D;. The summed E-state index contributed by atoms with van der Waals surface area (Å²) in [6.45, 7) is 7.77. The Balaban J connectivity index is 0. The lowest BCUT2D eigenvalue weighted by Crippen LogP contribution is -2.23. The van der Waals surface area contributed by atoms with Gasteiger partial charge in [-0.05, 0) is 48.6 Å². The van der Waals surface area contributed by atoms with Gasteiger partial charge in [0.05, 0.1) is 18.2 Å². The first-order valence-corrected chi connectivity index (χ1v) is 8.51. The Morgan fingerprint density at radius 1 is 1.12 bits per heavy atom. The minimum Gasteiger partial charge on any atom is -0.462 e. The summed E-state index contributed by atoms with van der Waals surface area (Å²) in [5.74, 6) is 0.641. The number of rotatable bonds is 3. The van der Waals surface area contributed by atoms with Gasteiger partial charge in [0.15, 0.2) is 0 Å². The number of hydrogen-bond donors (Lipinski definition) is 1. The highest BCUT2D eigenvalue weighted by Crippen LogP contribution is 2.30. The van der Waals surface area contributed by atoms with E-state index >= 15 is 0 Å². The minimum absolute atomic E-state index is 0. The van der Waals surface area contributed by atoms with Crippen LogP contribution in [0.25, 0.3) is 20.9 Å². The normalized spacial score (nSPS) is 32.0. The summed E-state index contributed by atoms with van der Waals surface area (Å²) < 4.78 is 11.3. The van der Waals surface area contributed by atoms with Crippen molar-refractivity contribution in [3.05, 3.63) is 20.9 Å². The van der Waals surface area contributed by atoms with Crippen molar-refractivity contribution in [3.8, 4) is 0 Å². The average Bonchev–Trinajstić information content (AvgIpc) is 3.03. The van der Waals surface area contributed by atoms with Gasteiger partial charge in [-0.1, -0.05) is 45.3 Å². The monoisotopic (exact) mass is 371 g/mol. The van der Waals surface area contributed by atoms with Crippen molar-refractivity contribution >= 4 is 5.97 Å². The van der Waals surface area contributed by atoms with Crippen LogP contribution in [0, 0.1) is 11.8 Å². The number of aliphatic hydroxyl groups excluding tert-OH is 1. The fraction of sp³-hybridized carbons (Fsp3) is 0.941. The zero-order valence-electron chi connectivity index (χ0n) is 16.4. The van der Waals surface area contributed by atoms with E-state index in [0.717, 1.165) is 25.7 Å². The second kappa shape index (κ2) is 14.2. The third-order valence-electron chi connectivity index (χ3n) is 4.16. The van der Waals surface area contributed by atoms with Crippen molar-refractivity contribution in [2.45, 2.75) is 92.0 Å². The number of esters is 1. The molecule has 0 unspecified atom stereocenters. The van der Waals surface area contributed by atoms with Crippen molar-refractivity contribution < 1.29 is 16.0 Å². The molecular weight excluding hydrogens is 336 g/mol. The Morgan fingerprint density at radius 2 is 1.58 bits per heavy atom. The van der Waals surface area contributed by atoms with Gasteiger partial charge >= 0.3 is 5.97 Å². The van der Waals surface area contributed by atoms with E-state index in [0.29, 0.717) is 18.7 Å². The third-order valence-corrected chi connectivity index (χ3v) is 4.16. The van der Waals surface area contributed by atoms with Gasteiger partial charge in [-0.2, -0.15) is 0 Å². The first-order chi connectivity index (χ1) is 12.3.